The summed E-state index contributed by atoms with van der Waals surface area (Å²) in [5.74, 6) is -1.51. The van der Waals surface area contributed by atoms with Crippen LogP contribution >= 0.6 is 0 Å². The lowest BCUT2D eigenvalue weighted by atomic mass is 9.98. The smallest absolute Gasteiger partial charge is 0.243 e. The second-order valence-electron chi connectivity index (χ2n) is 8.33. The normalized spacial score (nSPS) is 12.4. The molecule has 0 spiro atoms. The van der Waals surface area contributed by atoms with Gasteiger partial charge in [0, 0.05) is 36.4 Å². The van der Waals surface area contributed by atoms with Gasteiger partial charge >= 0.3 is 0 Å². The molecular formula is C29H29N3O2. The Hall–Kier alpha value is -4.12. The third-order valence-corrected chi connectivity index (χ3v) is 6.04. The lowest BCUT2D eigenvalue weighted by Crippen LogP contribution is -2.42. The molecule has 5 heteroatoms. The van der Waals surface area contributed by atoms with Crippen LogP contribution < -0.4 is 10.2 Å². The maximum Gasteiger partial charge on any atom is 0.243 e. The van der Waals surface area contributed by atoms with Crippen LogP contribution in [0.25, 0.3) is 16.5 Å². The fourth-order valence-corrected chi connectivity index (χ4v) is 4.06. The van der Waals surface area contributed by atoms with Crippen LogP contribution in [0, 0.1) is 5.92 Å². The molecule has 0 aliphatic carbocycles. The van der Waals surface area contributed by atoms with Crippen LogP contribution in [0.5, 0.6) is 0 Å². The molecule has 2 N–H and O–H groups in total. The van der Waals surface area contributed by atoms with Crippen molar-refractivity contribution in [2.75, 3.05) is 18.5 Å². The molecule has 0 saturated carbocycles. The summed E-state index contributed by atoms with van der Waals surface area (Å²) in [4.78, 5) is 31.5. The number of nitrogens with zero attached hydrogens (tertiary/aromatic N) is 1. The zero-order valence-electron chi connectivity index (χ0n) is 19.5. The minimum atomic E-state index is -0.937. The molecule has 1 unspecified atom stereocenters. The molecule has 5 nitrogen and oxygen atoms in total. The molecule has 0 bridgehead atoms. The molecule has 0 saturated heterocycles. The molecule has 172 valence electrons. The first kappa shape index (κ1) is 23.1. The Bertz CT molecular complexity index is 1290. The summed E-state index contributed by atoms with van der Waals surface area (Å²) in [6.45, 7) is 2.37. The minimum absolute atomic E-state index is 0.272. The number of aromatic amines is 1. The average molecular weight is 452 g/mol. The maximum absolute atomic E-state index is 13.4. The molecule has 1 heterocycles. The van der Waals surface area contributed by atoms with Gasteiger partial charge in [-0.05, 0) is 48.2 Å². The summed E-state index contributed by atoms with van der Waals surface area (Å²) >= 11 is 0. The van der Waals surface area contributed by atoms with E-state index in [-0.39, 0.29) is 11.8 Å². The quantitative estimate of drug-likeness (QED) is 0.361. The zero-order valence-corrected chi connectivity index (χ0v) is 19.5. The topological polar surface area (TPSA) is 65.2 Å². The lowest BCUT2D eigenvalue weighted by Gasteiger charge is -2.22. The first-order chi connectivity index (χ1) is 16.5. The summed E-state index contributed by atoms with van der Waals surface area (Å²) in [5, 5.41) is 4.13. The molecule has 4 aromatic rings. The van der Waals surface area contributed by atoms with E-state index >= 15 is 0 Å². The maximum atomic E-state index is 13.4. The van der Waals surface area contributed by atoms with E-state index in [0.717, 1.165) is 33.3 Å². The molecule has 3 aromatic carbocycles. The number of benzene rings is 3. The van der Waals surface area contributed by atoms with Gasteiger partial charge in [0.1, 0.15) is 5.92 Å². The van der Waals surface area contributed by atoms with Crippen molar-refractivity contribution in [3.8, 4) is 0 Å². The Balaban J connectivity index is 1.52. The fourth-order valence-electron chi connectivity index (χ4n) is 4.06. The Morgan fingerprint density at radius 3 is 2.32 bits per heavy atom. The average Bonchev–Trinajstić information content (AvgIpc) is 3.30. The number of carbonyl (C=O) groups excluding carboxylic acids is 2. The van der Waals surface area contributed by atoms with Crippen LogP contribution in [-0.4, -0.2) is 30.4 Å². The van der Waals surface area contributed by atoms with Gasteiger partial charge in [0.2, 0.25) is 11.8 Å². The third-order valence-electron chi connectivity index (χ3n) is 6.04. The number of para-hydroxylation sites is 2. The number of allylic oxidation sites excluding steroid dienone is 1. The van der Waals surface area contributed by atoms with Gasteiger partial charge < -0.3 is 15.2 Å². The molecule has 0 aliphatic rings. The number of fused-ring (bicyclic) bond motifs is 1. The van der Waals surface area contributed by atoms with Crippen molar-refractivity contribution in [3.05, 3.63) is 108 Å². The minimum Gasteiger partial charge on any atom is -0.361 e. The SMILES string of the molecule is C/C(=C\C(C(=O)NCCc1c[nH]c2ccccc12)C(=O)N(C)c1ccccc1)c1ccccc1. The van der Waals surface area contributed by atoms with Gasteiger partial charge in [0.05, 0.1) is 0 Å². The molecular weight excluding hydrogens is 422 g/mol. The number of aromatic nitrogens is 1. The van der Waals surface area contributed by atoms with E-state index in [1.165, 1.54) is 0 Å². The number of H-pyrrole nitrogens is 1. The zero-order chi connectivity index (χ0) is 23.9. The number of hydrogen-bond acceptors (Lipinski definition) is 2. The van der Waals surface area contributed by atoms with E-state index in [9.17, 15) is 9.59 Å². The van der Waals surface area contributed by atoms with Crippen molar-refractivity contribution in [3.63, 3.8) is 0 Å². The third kappa shape index (κ3) is 5.26. The van der Waals surface area contributed by atoms with Gasteiger partial charge in [-0.2, -0.15) is 0 Å². The van der Waals surface area contributed by atoms with Gasteiger partial charge in [0.25, 0.3) is 0 Å². The van der Waals surface area contributed by atoms with Gasteiger partial charge in [-0.3, -0.25) is 9.59 Å². The molecule has 4 rings (SSSR count). The summed E-state index contributed by atoms with van der Waals surface area (Å²) < 4.78 is 0. The highest BCUT2D eigenvalue weighted by atomic mass is 16.2. The number of carbonyl (C=O) groups is 2. The molecule has 0 fully saturated rings. The van der Waals surface area contributed by atoms with Crippen LogP contribution in [0.4, 0.5) is 5.69 Å². The van der Waals surface area contributed by atoms with E-state index in [4.69, 9.17) is 0 Å². The second kappa shape index (κ2) is 10.7. The van der Waals surface area contributed by atoms with E-state index < -0.39 is 5.92 Å². The van der Waals surface area contributed by atoms with E-state index in [1.54, 1.807) is 18.0 Å². The van der Waals surface area contributed by atoms with Crippen molar-refractivity contribution >= 4 is 34.0 Å². The van der Waals surface area contributed by atoms with Crippen LogP contribution in [0.2, 0.25) is 0 Å². The monoisotopic (exact) mass is 451 g/mol. The van der Waals surface area contributed by atoms with Gasteiger partial charge in [0.15, 0.2) is 0 Å². The highest BCUT2D eigenvalue weighted by Gasteiger charge is 2.28. The van der Waals surface area contributed by atoms with Crippen LogP contribution in [0.3, 0.4) is 0 Å². The van der Waals surface area contributed by atoms with E-state index in [1.807, 2.05) is 92.0 Å². The van der Waals surface area contributed by atoms with Crippen molar-refractivity contribution < 1.29 is 9.59 Å². The van der Waals surface area contributed by atoms with Gasteiger partial charge in [-0.25, -0.2) is 0 Å². The summed E-state index contributed by atoms with van der Waals surface area (Å²) in [7, 11) is 1.70. The molecule has 34 heavy (non-hydrogen) atoms. The number of anilines is 1. The van der Waals surface area contributed by atoms with Crippen LogP contribution in [0.1, 0.15) is 18.1 Å². The summed E-state index contributed by atoms with van der Waals surface area (Å²) in [6, 6.07) is 27.2. The van der Waals surface area contributed by atoms with Gasteiger partial charge in [-0.1, -0.05) is 72.8 Å². The van der Waals surface area contributed by atoms with Crippen molar-refractivity contribution in [1.82, 2.24) is 10.3 Å². The Morgan fingerprint density at radius 2 is 1.59 bits per heavy atom. The first-order valence-electron chi connectivity index (χ1n) is 11.4. The lowest BCUT2D eigenvalue weighted by molar-refractivity contribution is -0.131. The molecule has 2 amide bonds. The highest BCUT2D eigenvalue weighted by Crippen LogP contribution is 2.21. The number of rotatable bonds is 8. The Morgan fingerprint density at radius 1 is 0.941 bits per heavy atom. The van der Waals surface area contributed by atoms with Crippen molar-refractivity contribution in [1.29, 1.82) is 0 Å². The van der Waals surface area contributed by atoms with Crippen molar-refractivity contribution in [2.45, 2.75) is 13.3 Å². The standard InChI is InChI=1S/C29H29N3O2/c1-21(22-11-5-3-6-12-22)19-26(29(34)32(2)24-13-7-4-8-14-24)28(33)30-18-17-23-20-31-27-16-10-9-15-25(23)27/h3-16,19-20,26,31H,17-18H2,1-2H3,(H,30,33)/b21-19+. The molecule has 1 aromatic heterocycles. The fraction of sp³-hybridized carbons (Fsp3) is 0.172. The predicted molar refractivity (Wildman–Crippen MR) is 138 cm³/mol. The number of amides is 2. The van der Waals surface area contributed by atoms with E-state index in [2.05, 4.69) is 16.4 Å². The van der Waals surface area contributed by atoms with E-state index in [0.29, 0.717) is 13.0 Å². The van der Waals surface area contributed by atoms with Crippen LogP contribution in [0.15, 0.2) is 97.2 Å². The molecule has 0 aliphatic heterocycles. The summed E-state index contributed by atoms with van der Waals surface area (Å²) in [5.41, 5.74) is 4.82. The van der Waals surface area contributed by atoms with Gasteiger partial charge in [-0.15, -0.1) is 0 Å². The highest BCUT2D eigenvalue weighted by molar-refractivity contribution is 6.09. The largest absolute Gasteiger partial charge is 0.361 e. The van der Waals surface area contributed by atoms with Crippen molar-refractivity contribution in [2.24, 2.45) is 5.92 Å². The molecule has 1 atom stereocenters. The second-order valence-corrected chi connectivity index (χ2v) is 8.33. The molecule has 0 radical (unpaired) electrons. The summed E-state index contributed by atoms with van der Waals surface area (Å²) in [6.07, 6.45) is 4.41. The number of nitrogens with one attached hydrogen (secondary N) is 2. The first-order valence-corrected chi connectivity index (χ1v) is 11.4. The predicted octanol–water partition coefficient (Wildman–Crippen LogP) is 5.21. The Kier molecular flexibility index (Phi) is 7.23. The van der Waals surface area contributed by atoms with Crippen LogP contribution in [-0.2, 0) is 16.0 Å². The number of hydrogen-bond donors (Lipinski definition) is 2. The Labute approximate surface area is 200 Å².